The number of hydrogen-bond donors (Lipinski definition) is 1. The molecule has 3 aromatic rings. The van der Waals surface area contributed by atoms with Gasteiger partial charge in [-0.15, -0.1) is 5.10 Å². The van der Waals surface area contributed by atoms with Crippen molar-refractivity contribution in [3.8, 4) is 0 Å². The summed E-state index contributed by atoms with van der Waals surface area (Å²) in [6.07, 6.45) is 1.85. The van der Waals surface area contributed by atoms with Crippen molar-refractivity contribution in [2.45, 2.75) is 19.6 Å². The second-order valence-corrected chi connectivity index (χ2v) is 6.31. The number of carbonyl (C=O) groups is 2. The van der Waals surface area contributed by atoms with Crippen LogP contribution in [0.1, 0.15) is 23.2 Å². The van der Waals surface area contributed by atoms with Gasteiger partial charge in [-0.2, -0.15) is 4.68 Å². The van der Waals surface area contributed by atoms with E-state index in [1.807, 2.05) is 0 Å². The lowest BCUT2D eigenvalue weighted by molar-refractivity contribution is -0.117. The molecule has 27 heavy (non-hydrogen) atoms. The Morgan fingerprint density at radius 2 is 1.85 bits per heavy atom. The molecule has 1 aliphatic carbocycles. The fraction of sp³-hybridized carbons (Fsp3) is 0.211. The Hall–Kier alpha value is -3.55. The molecular formula is C19H16N4O4. The van der Waals surface area contributed by atoms with Gasteiger partial charge in [-0.1, -0.05) is 17.3 Å². The van der Waals surface area contributed by atoms with Gasteiger partial charge in [0.05, 0.1) is 10.9 Å². The quantitative estimate of drug-likeness (QED) is 0.694. The van der Waals surface area contributed by atoms with E-state index in [4.69, 9.17) is 4.74 Å². The molecule has 2 aromatic carbocycles. The maximum atomic E-state index is 12.3. The normalized spacial score (nSPS) is 13.3. The molecule has 1 heterocycles. The van der Waals surface area contributed by atoms with Crippen molar-refractivity contribution in [3.63, 3.8) is 0 Å². The monoisotopic (exact) mass is 364 g/mol. The van der Waals surface area contributed by atoms with E-state index in [0.717, 1.165) is 17.5 Å². The van der Waals surface area contributed by atoms with E-state index in [2.05, 4.69) is 15.6 Å². The number of hydrogen-bond acceptors (Lipinski definition) is 6. The second-order valence-electron chi connectivity index (χ2n) is 6.31. The summed E-state index contributed by atoms with van der Waals surface area (Å²) < 4.78 is 6.14. The van der Waals surface area contributed by atoms with Crippen molar-refractivity contribution in [3.05, 3.63) is 64.4 Å². The van der Waals surface area contributed by atoms with Crippen molar-refractivity contribution >= 4 is 28.5 Å². The van der Waals surface area contributed by atoms with E-state index in [-0.39, 0.29) is 24.1 Å². The third-order valence-corrected chi connectivity index (χ3v) is 4.28. The average Bonchev–Trinajstić information content (AvgIpc) is 3.53. The van der Waals surface area contributed by atoms with Crippen LogP contribution in [-0.2, 0) is 16.3 Å². The summed E-state index contributed by atoms with van der Waals surface area (Å²) in [6.45, 7) is -0.338. The molecule has 0 bridgehead atoms. The number of amides is 1. The van der Waals surface area contributed by atoms with Crippen molar-refractivity contribution in [1.82, 2.24) is 15.0 Å². The molecule has 0 unspecified atom stereocenters. The number of fused-ring (bicyclic) bond motifs is 1. The van der Waals surface area contributed by atoms with E-state index in [1.54, 1.807) is 48.5 Å². The van der Waals surface area contributed by atoms with Crippen molar-refractivity contribution in [2.24, 2.45) is 5.92 Å². The Balaban J connectivity index is 1.41. The number of esters is 1. The first kappa shape index (κ1) is 16.9. The van der Waals surface area contributed by atoms with Gasteiger partial charge in [-0.3, -0.25) is 9.59 Å². The van der Waals surface area contributed by atoms with Gasteiger partial charge in [0.25, 0.3) is 5.56 Å². The minimum Gasteiger partial charge on any atom is -0.439 e. The largest absolute Gasteiger partial charge is 0.439 e. The van der Waals surface area contributed by atoms with E-state index in [1.165, 1.54) is 0 Å². The van der Waals surface area contributed by atoms with Crippen LogP contribution in [0, 0.1) is 5.92 Å². The highest BCUT2D eigenvalue weighted by Crippen LogP contribution is 2.30. The number of anilines is 1. The molecule has 0 spiro atoms. The van der Waals surface area contributed by atoms with Crippen LogP contribution in [-0.4, -0.2) is 26.9 Å². The van der Waals surface area contributed by atoms with E-state index in [9.17, 15) is 14.4 Å². The van der Waals surface area contributed by atoms with Gasteiger partial charge in [0.2, 0.25) is 5.91 Å². The van der Waals surface area contributed by atoms with Crippen LogP contribution in [0.5, 0.6) is 0 Å². The molecule has 4 rings (SSSR count). The van der Waals surface area contributed by atoms with Gasteiger partial charge >= 0.3 is 5.97 Å². The summed E-state index contributed by atoms with van der Waals surface area (Å²) in [5, 5.41) is 10.9. The second kappa shape index (κ2) is 6.99. The zero-order valence-corrected chi connectivity index (χ0v) is 14.3. The molecule has 1 aliphatic rings. The molecular weight excluding hydrogens is 348 g/mol. The minimum absolute atomic E-state index is 0.000389. The Labute approximate surface area is 153 Å². The third-order valence-electron chi connectivity index (χ3n) is 4.28. The van der Waals surface area contributed by atoms with Crippen LogP contribution in [0.2, 0.25) is 0 Å². The predicted molar refractivity (Wildman–Crippen MR) is 97.0 cm³/mol. The highest BCUT2D eigenvalue weighted by molar-refractivity contribution is 5.95. The number of benzene rings is 2. The summed E-state index contributed by atoms with van der Waals surface area (Å²) in [5.41, 5.74) is 1.03. The molecule has 136 valence electrons. The summed E-state index contributed by atoms with van der Waals surface area (Å²) in [6, 6.07) is 13.2. The number of aromatic nitrogens is 3. The van der Waals surface area contributed by atoms with E-state index >= 15 is 0 Å². The van der Waals surface area contributed by atoms with Crippen molar-refractivity contribution < 1.29 is 14.3 Å². The minimum atomic E-state index is -0.600. The molecule has 8 heteroatoms. The first-order valence-electron chi connectivity index (χ1n) is 8.52. The highest BCUT2D eigenvalue weighted by Gasteiger charge is 2.29. The van der Waals surface area contributed by atoms with Gasteiger partial charge in [-0.25, -0.2) is 4.79 Å². The zero-order valence-electron chi connectivity index (χ0n) is 14.3. The van der Waals surface area contributed by atoms with Crippen LogP contribution in [0.4, 0.5) is 5.69 Å². The summed E-state index contributed by atoms with van der Waals surface area (Å²) in [5.74, 6) is -0.493. The lowest BCUT2D eigenvalue weighted by atomic mass is 10.2. The fourth-order valence-electron chi connectivity index (χ4n) is 2.59. The number of carbonyl (C=O) groups excluding carboxylic acids is 2. The maximum Gasteiger partial charge on any atom is 0.339 e. The van der Waals surface area contributed by atoms with Gasteiger partial charge in [0, 0.05) is 11.6 Å². The van der Waals surface area contributed by atoms with Crippen LogP contribution < -0.4 is 10.9 Å². The van der Waals surface area contributed by atoms with Gasteiger partial charge in [-0.05, 0) is 49.2 Å². The molecule has 0 saturated heterocycles. The lowest BCUT2D eigenvalue weighted by Crippen LogP contribution is -2.26. The third kappa shape index (κ3) is 3.69. The van der Waals surface area contributed by atoms with Gasteiger partial charge < -0.3 is 10.1 Å². The molecule has 1 amide bonds. The Morgan fingerprint density at radius 3 is 2.59 bits per heavy atom. The Morgan fingerprint density at radius 1 is 1.11 bits per heavy atom. The van der Waals surface area contributed by atoms with E-state index in [0.29, 0.717) is 22.2 Å². The first-order chi connectivity index (χ1) is 13.1. The predicted octanol–water partition coefficient (Wildman–Crippen LogP) is 1.95. The van der Waals surface area contributed by atoms with Crippen LogP contribution in [0.25, 0.3) is 10.9 Å². The smallest absolute Gasteiger partial charge is 0.339 e. The molecule has 0 aliphatic heterocycles. The summed E-state index contributed by atoms with van der Waals surface area (Å²) >= 11 is 0. The molecule has 1 saturated carbocycles. The molecule has 1 N–H and O–H groups in total. The standard InChI is InChI=1S/C19H16N4O4/c24-17(12-5-6-12)20-14-9-7-13(8-10-14)19(26)27-11-23-18(25)15-3-1-2-4-16(15)21-22-23/h1-4,7-10,12H,5-6,11H2,(H,20,24). The maximum absolute atomic E-state index is 12.3. The van der Waals surface area contributed by atoms with Crippen molar-refractivity contribution in [2.75, 3.05) is 5.32 Å². The first-order valence-corrected chi connectivity index (χ1v) is 8.52. The average molecular weight is 364 g/mol. The molecule has 8 nitrogen and oxygen atoms in total. The van der Waals surface area contributed by atoms with Crippen LogP contribution in [0.15, 0.2) is 53.3 Å². The molecule has 1 fully saturated rings. The van der Waals surface area contributed by atoms with Crippen LogP contribution in [0.3, 0.4) is 0 Å². The number of ether oxygens (including phenoxy) is 1. The highest BCUT2D eigenvalue weighted by atomic mass is 16.5. The number of nitrogens with one attached hydrogen (secondary N) is 1. The SMILES string of the molecule is O=C(OCn1nnc2ccccc2c1=O)c1ccc(NC(=O)C2CC2)cc1. The Kier molecular flexibility index (Phi) is 4.37. The number of nitrogens with zero attached hydrogens (tertiary/aromatic N) is 3. The lowest BCUT2D eigenvalue weighted by Gasteiger charge is -2.08. The van der Waals surface area contributed by atoms with Gasteiger partial charge in [0.1, 0.15) is 5.52 Å². The summed E-state index contributed by atoms with van der Waals surface area (Å²) in [4.78, 5) is 36.2. The summed E-state index contributed by atoms with van der Waals surface area (Å²) in [7, 11) is 0. The fourth-order valence-corrected chi connectivity index (χ4v) is 2.59. The molecule has 1 aromatic heterocycles. The Bertz CT molecular complexity index is 1070. The molecule has 0 atom stereocenters. The van der Waals surface area contributed by atoms with Crippen LogP contribution >= 0.6 is 0 Å². The molecule has 0 radical (unpaired) electrons. The zero-order chi connectivity index (χ0) is 18.8. The number of rotatable bonds is 5. The van der Waals surface area contributed by atoms with Crippen molar-refractivity contribution in [1.29, 1.82) is 0 Å². The van der Waals surface area contributed by atoms with Gasteiger partial charge in [0.15, 0.2) is 6.73 Å². The van der Waals surface area contributed by atoms with E-state index < -0.39 is 5.97 Å². The topological polar surface area (TPSA) is 103 Å².